The average molecular weight is 280 g/mol. The lowest BCUT2D eigenvalue weighted by Crippen LogP contribution is -2.47. The molecule has 20 heavy (non-hydrogen) atoms. The van der Waals surface area contributed by atoms with E-state index in [-0.39, 0.29) is 6.61 Å². The van der Waals surface area contributed by atoms with E-state index in [4.69, 9.17) is 14.6 Å². The van der Waals surface area contributed by atoms with Crippen molar-refractivity contribution in [2.45, 2.75) is 0 Å². The van der Waals surface area contributed by atoms with Gasteiger partial charge in [-0.05, 0) is 24.3 Å². The summed E-state index contributed by atoms with van der Waals surface area (Å²) >= 11 is 0. The smallest absolute Gasteiger partial charge is 0.119 e. The number of benzene rings is 1. The van der Waals surface area contributed by atoms with Crippen LogP contribution in [0, 0.1) is 0 Å². The highest BCUT2D eigenvalue weighted by atomic mass is 16.5. The number of methoxy groups -OCH3 is 1. The van der Waals surface area contributed by atoms with Crippen LogP contribution in [0.25, 0.3) is 0 Å². The Hall–Kier alpha value is -1.30. The van der Waals surface area contributed by atoms with Gasteiger partial charge in [0.05, 0.1) is 26.9 Å². The van der Waals surface area contributed by atoms with Crippen LogP contribution < -0.4 is 9.64 Å². The highest BCUT2D eigenvalue weighted by Gasteiger charge is 2.16. The first-order valence-corrected chi connectivity index (χ1v) is 7.13. The van der Waals surface area contributed by atoms with Gasteiger partial charge in [-0.1, -0.05) is 0 Å². The summed E-state index contributed by atoms with van der Waals surface area (Å²) in [6.07, 6.45) is 0. The van der Waals surface area contributed by atoms with Crippen LogP contribution in [0.3, 0.4) is 0 Å². The SMILES string of the molecule is COc1ccc(N2CCN(CCOCCO)CC2)cc1. The minimum Gasteiger partial charge on any atom is -0.497 e. The highest BCUT2D eigenvalue weighted by Crippen LogP contribution is 2.20. The molecule has 0 unspecified atom stereocenters. The van der Waals surface area contributed by atoms with Crippen molar-refractivity contribution >= 4 is 5.69 Å². The number of hydrogen-bond acceptors (Lipinski definition) is 5. The molecule has 1 aromatic carbocycles. The van der Waals surface area contributed by atoms with Crippen molar-refractivity contribution in [2.24, 2.45) is 0 Å². The van der Waals surface area contributed by atoms with E-state index < -0.39 is 0 Å². The molecule has 0 aliphatic carbocycles. The molecule has 5 heteroatoms. The number of aliphatic hydroxyl groups is 1. The van der Waals surface area contributed by atoms with Crippen LogP contribution in [-0.4, -0.2) is 69.7 Å². The van der Waals surface area contributed by atoms with Gasteiger partial charge in [0.25, 0.3) is 0 Å². The molecule has 0 amide bonds. The van der Waals surface area contributed by atoms with Crippen molar-refractivity contribution in [1.29, 1.82) is 0 Å². The monoisotopic (exact) mass is 280 g/mol. The third-order valence-electron chi connectivity index (χ3n) is 3.60. The van der Waals surface area contributed by atoms with E-state index in [1.807, 2.05) is 12.1 Å². The standard InChI is InChI=1S/C15H24N2O3/c1-19-15-4-2-14(3-5-15)17-8-6-16(7-9-17)10-12-20-13-11-18/h2-5,18H,6-13H2,1H3. The number of piperazine rings is 1. The van der Waals surface area contributed by atoms with Gasteiger partial charge in [-0.3, -0.25) is 4.90 Å². The van der Waals surface area contributed by atoms with Gasteiger partial charge in [0.2, 0.25) is 0 Å². The van der Waals surface area contributed by atoms with Gasteiger partial charge in [0.1, 0.15) is 5.75 Å². The number of aliphatic hydroxyl groups excluding tert-OH is 1. The molecule has 1 aromatic rings. The number of ether oxygens (including phenoxy) is 2. The fraction of sp³-hybridized carbons (Fsp3) is 0.600. The predicted octanol–water partition coefficient (Wildman–Crippen LogP) is 0.826. The van der Waals surface area contributed by atoms with E-state index in [2.05, 4.69) is 21.9 Å². The molecular formula is C15H24N2O3. The molecule has 1 N–H and O–H groups in total. The molecule has 0 spiro atoms. The number of rotatable bonds is 7. The second-order valence-corrected chi connectivity index (χ2v) is 4.86. The molecule has 1 aliphatic heterocycles. The van der Waals surface area contributed by atoms with Crippen LogP contribution in [0.5, 0.6) is 5.75 Å². The fourth-order valence-corrected chi connectivity index (χ4v) is 2.38. The zero-order chi connectivity index (χ0) is 14.2. The van der Waals surface area contributed by atoms with E-state index in [0.717, 1.165) is 38.5 Å². The van der Waals surface area contributed by atoms with Gasteiger partial charge in [0.15, 0.2) is 0 Å². The first kappa shape index (κ1) is 15.1. The third-order valence-corrected chi connectivity index (χ3v) is 3.60. The molecule has 5 nitrogen and oxygen atoms in total. The van der Waals surface area contributed by atoms with Crippen LogP contribution in [-0.2, 0) is 4.74 Å². The van der Waals surface area contributed by atoms with Crippen molar-refractivity contribution in [3.05, 3.63) is 24.3 Å². The lowest BCUT2D eigenvalue weighted by atomic mass is 10.2. The Morgan fingerprint density at radius 1 is 1.05 bits per heavy atom. The molecule has 1 fully saturated rings. The van der Waals surface area contributed by atoms with Crippen LogP contribution in [0.2, 0.25) is 0 Å². The Morgan fingerprint density at radius 2 is 1.75 bits per heavy atom. The zero-order valence-electron chi connectivity index (χ0n) is 12.1. The molecule has 0 bridgehead atoms. The maximum absolute atomic E-state index is 8.65. The summed E-state index contributed by atoms with van der Waals surface area (Å²) < 4.78 is 10.5. The number of anilines is 1. The molecule has 0 aromatic heterocycles. The Kier molecular flexibility index (Phi) is 6.11. The molecule has 0 atom stereocenters. The van der Waals surface area contributed by atoms with Crippen LogP contribution in [0.15, 0.2) is 24.3 Å². The topological polar surface area (TPSA) is 45.2 Å². The van der Waals surface area contributed by atoms with E-state index in [1.54, 1.807) is 7.11 Å². The molecule has 2 rings (SSSR count). The van der Waals surface area contributed by atoms with Crippen LogP contribution in [0.4, 0.5) is 5.69 Å². The van der Waals surface area contributed by atoms with E-state index in [1.165, 1.54) is 5.69 Å². The van der Waals surface area contributed by atoms with E-state index in [9.17, 15) is 0 Å². The normalized spacial score (nSPS) is 16.4. The van der Waals surface area contributed by atoms with Gasteiger partial charge in [-0.2, -0.15) is 0 Å². The average Bonchev–Trinajstić information content (AvgIpc) is 2.52. The van der Waals surface area contributed by atoms with Gasteiger partial charge in [0, 0.05) is 38.4 Å². The first-order chi connectivity index (χ1) is 9.83. The Balaban J connectivity index is 1.73. The largest absolute Gasteiger partial charge is 0.497 e. The summed E-state index contributed by atoms with van der Waals surface area (Å²) in [6.45, 7) is 6.35. The summed E-state index contributed by atoms with van der Waals surface area (Å²) in [5.74, 6) is 0.897. The van der Waals surface area contributed by atoms with Gasteiger partial charge in [-0.15, -0.1) is 0 Å². The second-order valence-electron chi connectivity index (χ2n) is 4.86. The van der Waals surface area contributed by atoms with Crippen LogP contribution >= 0.6 is 0 Å². The molecule has 0 saturated carbocycles. The Bertz CT molecular complexity index is 375. The number of hydrogen-bond donors (Lipinski definition) is 1. The lowest BCUT2D eigenvalue weighted by molar-refractivity contribution is 0.0724. The van der Waals surface area contributed by atoms with Crippen molar-refractivity contribution in [2.75, 3.05) is 64.6 Å². The molecule has 112 valence electrons. The minimum absolute atomic E-state index is 0.102. The third kappa shape index (κ3) is 4.37. The van der Waals surface area contributed by atoms with Crippen molar-refractivity contribution in [3.8, 4) is 5.75 Å². The summed E-state index contributed by atoms with van der Waals surface area (Å²) in [7, 11) is 1.69. The maximum Gasteiger partial charge on any atom is 0.119 e. The summed E-state index contributed by atoms with van der Waals surface area (Å²) in [6, 6.07) is 8.23. The molecule has 1 heterocycles. The summed E-state index contributed by atoms with van der Waals surface area (Å²) in [5, 5.41) is 8.65. The Labute approximate surface area is 120 Å². The molecule has 1 saturated heterocycles. The van der Waals surface area contributed by atoms with Crippen molar-refractivity contribution in [3.63, 3.8) is 0 Å². The van der Waals surface area contributed by atoms with E-state index >= 15 is 0 Å². The van der Waals surface area contributed by atoms with Gasteiger partial charge >= 0.3 is 0 Å². The number of nitrogens with zero attached hydrogens (tertiary/aromatic N) is 2. The summed E-state index contributed by atoms with van der Waals surface area (Å²) in [5.41, 5.74) is 1.25. The first-order valence-electron chi connectivity index (χ1n) is 7.13. The quantitative estimate of drug-likeness (QED) is 0.750. The summed E-state index contributed by atoms with van der Waals surface area (Å²) in [4.78, 5) is 4.79. The molecule has 0 radical (unpaired) electrons. The second kappa shape index (κ2) is 8.09. The Morgan fingerprint density at radius 3 is 2.35 bits per heavy atom. The zero-order valence-corrected chi connectivity index (χ0v) is 12.1. The predicted molar refractivity (Wildman–Crippen MR) is 79.6 cm³/mol. The maximum atomic E-state index is 8.65. The molecular weight excluding hydrogens is 256 g/mol. The van der Waals surface area contributed by atoms with Crippen molar-refractivity contribution in [1.82, 2.24) is 4.90 Å². The van der Waals surface area contributed by atoms with Crippen molar-refractivity contribution < 1.29 is 14.6 Å². The van der Waals surface area contributed by atoms with Gasteiger partial charge in [-0.25, -0.2) is 0 Å². The lowest BCUT2D eigenvalue weighted by Gasteiger charge is -2.36. The highest BCUT2D eigenvalue weighted by molar-refractivity contribution is 5.49. The van der Waals surface area contributed by atoms with Gasteiger partial charge < -0.3 is 19.5 Å². The fourth-order valence-electron chi connectivity index (χ4n) is 2.38. The van der Waals surface area contributed by atoms with Crippen LogP contribution in [0.1, 0.15) is 0 Å². The molecule has 1 aliphatic rings. The van der Waals surface area contributed by atoms with E-state index in [0.29, 0.717) is 13.2 Å². The minimum atomic E-state index is 0.102.